The van der Waals surface area contributed by atoms with Gasteiger partial charge in [0.2, 0.25) is 0 Å². The van der Waals surface area contributed by atoms with Gasteiger partial charge in [-0.25, -0.2) is 0 Å². The number of carbonyl (C=O) groups is 1. The van der Waals surface area contributed by atoms with Crippen LogP contribution in [0.3, 0.4) is 0 Å². The van der Waals surface area contributed by atoms with Crippen LogP contribution in [0.1, 0.15) is 28.8 Å². The summed E-state index contributed by atoms with van der Waals surface area (Å²) < 4.78 is 0. The zero-order chi connectivity index (χ0) is 13.7. The highest BCUT2D eigenvalue weighted by atomic mass is 16.2. The van der Waals surface area contributed by atoms with E-state index in [1.54, 1.807) is 0 Å². The molecule has 0 aromatic heterocycles. The predicted molar refractivity (Wildman–Crippen MR) is 78.8 cm³/mol. The summed E-state index contributed by atoms with van der Waals surface area (Å²) in [7, 11) is 3.81. The summed E-state index contributed by atoms with van der Waals surface area (Å²) in [6, 6.07) is 5.97. The van der Waals surface area contributed by atoms with Gasteiger partial charge in [-0.15, -0.1) is 0 Å². The van der Waals surface area contributed by atoms with Gasteiger partial charge in [-0.1, -0.05) is 6.07 Å². The fraction of sp³-hybridized carbons (Fsp3) is 0.533. The van der Waals surface area contributed by atoms with Crippen molar-refractivity contribution in [1.82, 2.24) is 10.2 Å². The highest BCUT2D eigenvalue weighted by Gasteiger charge is 2.19. The maximum Gasteiger partial charge on any atom is 0.253 e. The second-order valence-electron chi connectivity index (χ2n) is 5.05. The molecule has 0 aliphatic carbocycles. The lowest BCUT2D eigenvalue weighted by Gasteiger charge is -2.23. The molecule has 1 aromatic rings. The lowest BCUT2D eigenvalue weighted by atomic mass is 9.97. The van der Waals surface area contributed by atoms with E-state index in [1.807, 2.05) is 31.1 Å². The highest BCUT2D eigenvalue weighted by Crippen LogP contribution is 2.26. The first kappa shape index (κ1) is 13.9. The first-order chi connectivity index (χ1) is 9.24. The minimum absolute atomic E-state index is 0.136. The van der Waals surface area contributed by atoms with E-state index in [1.165, 1.54) is 5.56 Å². The first-order valence-corrected chi connectivity index (χ1v) is 7.00. The molecule has 0 fully saturated rings. The zero-order valence-corrected chi connectivity index (χ0v) is 11.8. The zero-order valence-electron chi connectivity index (χ0n) is 11.8. The van der Waals surface area contributed by atoms with Crippen LogP contribution in [0.15, 0.2) is 18.2 Å². The number of anilines is 1. The van der Waals surface area contributed by atoms with Gasteiger partial charge in [0.05, 0.1) is 0 Å². The van der Waals surface area contributed by atoms with Crippen LogP contribution >= 0.6 is 0 Å². The van der Waals surface area contributed by atoms with Gasteiger partial charge < -0.3 is 15.5 Å². The van der Waals surface area contributed by atoms with Crippen LogP contribution in [0, 0.1) is 0 Å². The van der Waals surface area contributed by atoms with Crippen LogP contribution in [0.4, 0.5) is 5.69 Å². The molecule has 4 heteroatoms. The minimum Gasteiger partial charge on any atom is -0.385 e. The van der Waals surface area contributed by atoms with Gasteiger partial charge >= 0.3 is 0 Å². The van der Waals surface area contributed by atoms with Crippen LogP contribution in [-0.4, -0.2) is 44.5 Å². The molecule has 0 saturated carbocycles. The van der Waals surface area contributed by atoms with Gasteiger partial charge in [0.1, 0.15) is 0 Å². The van der Waals surface area contributed by atoms with E-state index >= 15 is 0 Å². The van der Waals surface area contributed by atoms with Crippen molar-refractivity contribution in [3.05, 3.63) is 29.3 Å². The third-order valence-electron chi connectivity index (χ3n) is 3.59. The van der Waals surface area contributed by atoms with Crippen molar-refractivity contribution in [2.24, 2.45) is 0 Å². The highest BCUT2D eigenvalue weighted by molar-refractivity contribution is 5.97. The van der Waals surface area contributed by atoms with E-state index in [-0.39, 0.29) is 5.91 Å². The summed E-state index contributed by atoms with van der Waals surface area (Å²) in [6.45, 7) is 2.73. The second-order valence-corrected chi connectivity index (χ2v) is 5.05. The maximum absolute atomic E-state index is 12.5. The van der Waals surface area contributed by atoms with E-state index < -0.39 is 0 Å². The van der Waals surface area contributed by atoms with Gasteiger partial charge in [-0.3, -0.25) is 4.79 Å². The molecule has 1 aromatic carbocycles. The molecule has 1 amide bonds. The van der Waals surface area contributed by atoms with Crippen molar-refractivity contribution >= 4 is 11.6 Å². The number of benzene rings is 1. The smallest absolute Gasteiger partial charge is 0.253 e. The lowest BCUT2D eigenvalue weighted by molar-refractivity contribution is 0.0792. The molecule has 0 unspecified atom stereocenters. The Morgan fingerprint density at radius 1 is 1.47 bits per heavy atom. The SMILES string of the molecule is CNCCCN(C)C(=O)c1cccc2c1CCCN2. The number of rotatable bonds is 5. The molecule has 4 nitrogen and oxygen atoms in total. The number of hydrogen-bond donors (Lipinski definition) is 2. The monoisotopic (exact) mass is 261 g/mol. The van der Waals surface area contributed by atoms with Gasteiger partial charge in [0, 0.05) is 31.4 Å². The van der Waals surface area contributed by atoms with Crippen molar-refractivity contribution in [2.45, 2.75) is 19.3 Å². The molecule has 2 rings (SSSR count). The van der Waals surface area contributed by atoms with Gasteiger partial charge in [-0.05, 0) is 50.6 Å². The molecule has 19 heavy (non-hydrogen) atoms. The molecule has 1 aliphatic rings. The van der Waals surface area contributed by atoms with Crippen LogP contribution in [0.25, 0.3) is 0 Å². The van der Waals surface area contributed by atoms with Crippen molar-refractivity contribution in [3.8, 4) is 0 Å². The van der Waals surface area contributed by atoms with Gasteiger partial charge in [0.15, 0.2) is 0 Å². The number of hydrogen-bond acceptors (Lipinski definition) is 3. The third-order valence-corrected chi connectivity index (χ3v) is 3.59. The molecule has 104 valence electrons. The molecule has 1 heterocycles. The fourth-order valence-corrected chi connectivity index (χ4v) is 2.51. The van der Waals surface area contributed by atoms with E-state index in [9.17, 15) is 4.79 Å². The Balaban J connectivity index is 2.10. The lowest BCUT2D eigenvalue weighted by Crippen LogP contribution is -2.30. The Bertz CT molecular complexity index is 445. The summed E-state index contributed by atoms with van der Waals surface area (Å²) in [5, 5.41) is 6.47. The van der Waals surface area contributed by atoms with Crippen LogP contribution in [-0.2, 0) is 6.42 Å². The standard InChI is InChI=1S/C15H23N3O/c1-16-9-5-11-18(2)15(19)13-6-3-8-14-12(13)7-4-10-17-14/h3,6,8,16-17H,4-5,7,9-11H2,1-2H3. The number of nitrogens with zero attached hydrogens (tertiary/aromatic N) is 1. The number of nitrogens with one attached hydrogen (secondary N) is 2. The Hall–Kier alpha value is -1.55. The van der Waals surface area contributed by atoms with Crippen LogP contribution < -0.4 is 10.6 Å². The molecular formula is C15H23N3O. The average molecular weight is 261 g/mol. The van der Waals surface area contributed by atoms with Crippen molar-refractivity contribution in [3.63, 3.8) is 0 Å². The summed E-state index contributed by atoms with van der Waals surface area (Å²) >= 11 is 0. The van der Waals surface area contributed by atoms with Gasteiger partial charge in [-0.2, -0.15) is 0 Å². The molecule has 1 aliphatic heterocycles. The average Bonchev–Trinajstić information content (AvgIpc) is 2.46. The van der Waals surface area contributed by atoms with Crippen molar-refractivity contribution in [1.29, 1.82) is 0 Å². The molecule has 0 atom stereocenters. The Morgan fingerprint density at radius 2 is 2.32 bits per heavy atom. The summed E-state index contributed by atoms with van der Waals surface area (Å²) in [5.41, 5.74) is 3.16. The molecule has 2 N–H and O–H groups in total. The molecule has 0 spiro atoms. The Morgan fingerprint density at radius 3 is 3.11 bits per heavy atom. The van der Waals surface area contributed by atoms with Crippen LogP contribution in [0.2, 0.25) is 0 Å². The molecule has 0 bridgehead atoms. The fourth-order valence-electron chi connectivity index (χ4n) is 2.51. The van der Waals surface area contributed by atoms with Crippen molar-refractivity contribution < 1.29 is 4.79 Å². The summed E-state index contributed by atoms with van der Waals surface area (Å²) in [5.74, 6) is 0.136. The molecule has 0 saturated heterocycles. The van der Waals surface area contributed by atoms with Crippen LogP contribution in [0.5, 0.6) is 0 Å². The normalized spacial score (nSPS) is 13.6. The van der Waals surface area contributed by atoms with Crippen molar-refractivity contribution in [2.75, 3.05) is 39.0 Å². The number of amides is 1. The molecular weight excluding hydrogens is 238 g/mol. The number of fused-ring (bicyclic) bond motifs is 1. The van der Waals surface area contributed by atoms with E-state index in [0.717, 1.165) is 50.1 Å². The van der Waals surface area contributed by atoms with Gasteiger partial charge in [0.25, 0.3) is 5.91 Å². The number of carbonyl (C=O) groups excluding carboxylic acids is 1. The predicted octanol–water partition coefficient (Wildman–Crippen LogP) is 1.73. The maximum atomic E-state index is 12.5. The van der Waals surface area contributed by atoms with E-state index in [4.69, 9.17) is 0 Å². The Kier molecular flexibility index (Phi) is 4.80. The second kappa shape index (κ2) is 6.57. The molecule has 0 radical (unpaired) electrons. The quantitative estimate of drug-likeness (QED) is 0.793. The topological polar surface area (TPSA) is 44.4 Å². The van der Waals surface area contributed by atoms with E-state index in [0.29, 0.717) is 0 Å². The van der Waals surface area contributed by atoms with E-state index in [2.05, 4.69) is 16.7 Å². The Labute approximate surface area is 115 Å². The largest absolute Gasteiger partial charge is 0.385 e. The minimum atomic E-state index is 0.136. The first-order valence-electron chi connectivity index (χ1n) is 7.00. The summed E-state index contributed by atoms with van der Waals surface area (Å²) in [4.78, 5) is 14.3. The third kappa shape index (κ3) is 3.26. The summed E-state index contributed by atoms with van der Waals surface area (Å²) in [6.07, 6.45) is 3.07.